The van der Waals surface area contributed by atoms with Gasteiger partial charge in [0.25, 0.3) is 6.01 Å². The molecule has 0 N–H and O–H groups in total. The lowest BCUT2D eigenvalue weighted by Gasteiger charge is -2.35. The molecule has 1 saturated heterocycles. The van der Waals surface area contributed by atoms with Gasteiger partial charge in [0.2, 0.25) is 10.0 Å². The van der Waals surface area contributed by atoms with Crippen molar-refractivity contribution in [2.24, 2.45) is 0 Å². The van der Waals surface area contributed by atoms with E-state index in [-0.39, 0.29) is 11.3 Å². The second-order valence-corrected chi connectivity index (χ2v) is 9.30. The highest BCUT2D eigenvalue weighted by Gasteiger charge is 2.41. The average molecular weight is 370 g/mol. The van der Waals surface area contributed by atoms with Crippen molar-refractivity contribution < 1.29 is 12.8 Å². The first-order chi connectivity index (χ1) is 11.4. The third kappa shape index (κ3) is 2.89. The fourth-order valence-electron chi connectivity index (χ4n) is 3.25. The van der Waals surface area contributed by atoms with E-state index >= 15 is 0 Å². The Bertz CT molecular complexity index is 855. The van der Waals surface area contributed by atoms with E-state index in [0.29, 0.717) is 16.6 Å². The van der Waals surface area contributed by atoms with Crippen LogP contribution in [0.5, 0.6) is 0 Å². The number of fused-ring (bicyclic) bond motifs is 1. The predicted octanol–water partition coefficient (Wildman–Crippen LogP) is 2.87. The monoisotopic (exact) mass is 369 g/mol. The molecule has 24 heavy (non-hydrogen) atoms. The number of rotatable bonds is 4. The van der Waals surface area contributed by atoms with Crippen molar-refractivity contribution in [1.29, 1.82) is 0 Å². The summed E-state index contributed by atoms with van der Waals surface area (Å²) in [5.74, 6) is 0. The van der Waals surface area contributed by atoms with Crippen LogP contribution in [0.3, 0.4) is 0 Å². The molecule has 0 amide bonds. The van der Waals surface area contributed by atoms with Crippen molar-refractivity contribution in [2.75, 3.05) is 25.0 Å². The van der Waals surface area contributed by atoms with Crippen molar-refractivity contribution in [1.82, 2.24) is 9.29 Å². The van der Waals surface area contributed by atoms with Gasteiger partial charge in [0.1, 0.15) is 5.52 Å². The summed E-state index contributed by atoms with van der Waals surface area (Å²) < 4.78 is 32.1. The summed E-state index contributed by atoms with van der Waals surface area (Å²) in [5, 5.41) is 0.470. The minimum absolute atomic E-state index is 0.0608. The third-order valence-electron chi connectivity index (χ3n) is 4.94. The molecule has 1 aromatic carbocycles. The maximum Gasteiger partial charge on any atom is 0.298 e. The second-order valence-electron chi connectivity index (χ2n) is 6.59. The zero-order valence-electron chi connectivity index (χ0n) is 13.5. The van der Waals surface area contributed by atoms with Crippen LogP contribution in [0.15, 0.2) is 22.6 Å². The predicted molar refractivity (Wildman–Crippen MR) is 94.0 cm³/mol. The number of sulfonamides is 1. The summed E-state index contributed by atoms with van der Waals surface area (Å²) in [6.07, 6.45) is 3.16. The molecule has 1 aliphatic carbocycles. The molecule has 0 atom stereocenters. The number of anilines is 1. The zero-order chi connectivity index (χ0) is 16.9. The molecule has 1 aromatic heterocycles. The lowest BCUT2D eigenvalue weighted by atomic mass is 10.1. The molecular formula is C16H20ClN3O3S. The summed E-state index contributed by atoms with van der Waals surface area (Å²) in [6.45, 7) is 1.46. The molecule has 2 aromatic rings. The van der Waals surface area contributed by atoms with Crippen LogP contribution in [0.2, 0.25) is 5.02 Å². The van der Waals surface area contributed by atoms with Gasteiger partial charge in [-0.25, -0.2) is 12.7 Å². The molecule has 0 spiro atoms. The summed E-state index contributed by atoms with van der Waals surface area (Å²) in [4.78, 5) is 6.57. The van der Waals surface area contributed by atoms with Gasteiger partial charge in [-0.1, -0.05) is 11.6 Å². The van der Waals surface area contributed by atoms with Crippen molar-refractivity contribution in [3.05, 3.63) is 23.2 Å². The quantitative estimate of drug-likeness (QED) is 0.829. The first-order valence-corrected chi connectivity index (χ1v) is 10.1. The van der Waals surface area contributed by atoms with Crippen LogP contribution < -0.4 is 4.90 Å². The Balaban J connectivity index is 1.45. The van der Waals surface area contributed by atoms with Crippen LogP contribution in [0.4, 0.5) is 6.01 Å². The van der Waals surface area contributed by atoms with Crippen LogP contribution >= 0.6 is 11.6 Å². The van der Waals surface area contributed by atoms with Crippen LogP contribution in [0, 0.1) is 0 Å². The van der Waals surface area contributed by atoms with Gasteiger partial charge in [-0.05, 0) is 37.8 Å². The third-order valence-corrected chi connectivity index (χ3v) is 7.59. The van der Waals surface area contributed by atoms with Crippen molar-refractivity contribution in [3.8, 4) is 0 Å². The van der Waals surface area contributed by atoms with Gasteiger partial charge in [-0.15, -0.1) is 0 Å². The van der Waals surface area contributed by atoms with E-state index in [9.17, 15) is 8.42 Å². The maximum absolute atomic E-state index is 12.4. The lowest BCUT2D eigenvalue weighted by molar-refractivity contribution is 0.306. The van der Waals surface area contributed by atoms with E-state index in [2.05, 4.69) is 9.88 Å². The summed E-state index contributed by atoms with van der Waals surface area (Å²) in [5.41, 5.74) is 1.46. The molecule has 0 unspecified atom stereocenters. The Hall–Kier alpha value is -1.31. The molecule has 6 nitrogen and oxygen atoms in total. The fraction of sp³-hybridized carbons (Fsp3) is 0.562. The van der Waals surface area contributed by atoms with E-state index in [1.54, 1.807) is 23.5 Å². The molecule has 1 aliphatic heterocycles. The molecule has 130 valence electrons. The molecule has 1 saturated carbocycles. The average Bonchev–Trinajstić information content (AvgIpc) is 3.35. The van der Waals surface area contributed by atoms with Crippen LogP contribution in [-0.2, 0) is 10.0 Å². The number of aromatic nitrogens is 1. The Kier molecular flexibility index (Phi) is 3.97. The van der Waals surface area contributed by atoms with Crippen LogP contribution in [0.25, 0.3) is 11.1 Å². The summed E-state index contributed by atoms with van der Waals surface area (Å²) >= 11 is 5.98. The van der Waals surface area contributed by atoms with Gasteiger partial charge >= 0.3 is 0 Å². The highest BCUT2D eigenvalue weighted by Crippen LogP contribution is 2.33. The van der Waals surface area contributed by atoms with Gasteiger partial charge in [0, 0.05) is 37.3 Å². The largest absolute Gasteiger partial charge is 0.423 e. The van der Waals surface area contributed by atoms with Gasteiger partial charge in [-0.3, -0.25) is 0 Å². The molecule has 0 bridgehead atoms. The highest BCUT2D eigenvalue weighted by atomic mass is 35.5. The molecule has 0 radical (unpaired) electrons. The maximum atomic E-state index is 12.4. The Morgan fingerprint density at radius 1 is 1.25 bits per heavy atom. The molecule has 2 heterocycles. The number of hydrogen-bond donors (Lipinski definition) is 0. The molecule has 8 heteroatoms. The van der Waals surface area contributed by atoms with Crippen LogP contribution in [0.1, 0.15) is 25.7 Å². The zero-order valence-corrected chi connectivity index (χ0v) is 15.1. The first kappa shape index (κ1) is 16.2. The van der Waals surface area contributed by atoms with Crippen LogP contribution in [-0.4, -0.2) is 49.1 Å². The lowest BCUT2D eigenvalue weighted by Crippen LogP contribution is -2.46. The van der Waals surface area contributed by atoms with E-state index in [4.69, 9.17) is 16.0 Å². The van der Waals surface area contributed by atoms with Gasteiger partial charge in [-0.2, -0.15) is 4.98 Å². The van der Waals surface area contributed by atoms with Gasteiger partial charge in [0.05, 0.1) is 5.25 Å². The number of piperidine rings is 1. The Labute approximate surface area is 146 Å². The molecular weight excluding hydrogens is 350 g/mol. The number of oxazole rings is 1. The van der Waals surface area contributed by atoms with E-state index in [1.807, 2.05) is 6.07 Å². The SMILES string of the molecule is CN(C1CCN(c2nc3ccc(Cl)cc3o2)CC1)S(=O)(=O)C1CC1. The highest BCUT2D eigenvalue weighted by molar-refractivity contribution is 7.90. The number of nitrogens with zero attached hydrogens (tertiary/aromatic N) is 3. The van der Waals surface area contributed by atoms with Gasteiger partial charge < -0.3 is 9.32 Å². The number of hydrogen-bond acceptors (Lipinski definition) is 5. The standard InChI is InChI=1S/C16H20ClN3O3S/c1-19(24(21,22)13-3-4-13)12-6-8-20(9-7-12)16-18-14-5-2-11(17)10-15(14)23-16/h2,5,10,12-13H,3-4,6-9H2,1H3. The Morgan fingerprint density at radius 3 is 2.62 bits per heavy atom. The molecule has 4 rings (SSSR count). The number of benzene rings is 1. The smallest absolute Gasteiger partial charge is 0.298 e. The molecule has 2 fully saturated rings. The first-order valence-electron chi connectivity index (χ1n) is 8.23. The topological polar surface area (TPSA) is 66.7 Å². The second kappa shape index (κ2) is 5.89. The normalized spacial score (nSPS) is 20.2. The summed E-state index contributed by atoms with van der Waals surface area (Å²) in [6, 6.07) is 6.04. The number of halogens is 1. The minimum Gasteiger partial charge on any atom is -0.423 e. The van der Waals surface area contributed by atoms with E-state index in [0.717, 1.165) is 44.3 Å². The van der Waals surface area contributed by atoms with Crippen molar-refractivity contribution >= 4 is 38.7 Å². The summed E-state index contributed by atoms with van der Waals surface area (Å²) in [7, 11) is -1.39. The molecule has 2 aliphatic rings. The van der Waals surface area contributed by atoms with E-state index < -0.39 is 10.0 Å². The Morgan fingerprint density at radius 2 is 1.96 bits per heavy atom. The van der Waals surface area contributed by atoms with E-state index in [1.165, 1.54) is 0 Å². The van der Waals surface area contributed by atoms with Crippen molar-refractivity contribution in [2.45, 2.75) is 37.0 Å². The fourth-order valence-corrected chi connectivity index (χ4v) is 5.24. The minimum atomic E-state index is -3.11. The van der Waals surface area contributed by atoms with Crippen molar-refractivity contribution in [3.63, 3.8) is 0 Å². The van der Waals surface area contributed by atoms with Gasteiger partial charge in [0.15, 0.2) is 5.58 Å².